The van der Waals surface area contributed by atoms with E-state index >= 15 is 0 Å². The minimum atomic E-state index is -3.81. The summed E-state index contributed by atoms with van der Waals surface area (Å²) in [6, 6.07) is 13.9. The third kappa shape index (κ3) is 7.04. The zero-order chi connectivity index (χ0) is 27.4. The molecule has 2 fully saturated rings. The molecule has 1 saturated carbocycles. The van der Waals surface area contributed by atoms with Gasteiger partial charge in [-0.15, -0.1) is 13.0 Å². The average molecular weight is 596 g/mol. The van der Waals surface area contributed by atoms with E-state index in [9.17, 15) is 8.42 Å². The predicted molar refractivity (Wildman–Crippen MR) is 154 cm³/mol. The Morgan fingerprint density at radius 1 is 1.10 bits per heavy atom. The van der Waals surface area contributed by atoms with E-state index in [1.165, 1.54) is 32.1 Å². The van der Waals surface area contributed by atoms with Gasteiger partial charge in [-0.2, -0.15) is 0 Å². The van der Waals surface area contributed by atoms with E-state index in [4.69, 9.17) is 14.6 Å². The van der Waals surface area contributed by atoms with Crippen LogP contribution in [0.3, 0.4) is 0 Å². The van der Waals surface area contributed by atoms with Gasteiger partial charge in [0.1, 0.15) is 5.75 Å². The van der Waals surface area contributed by atoms with Crippen LogP contribution in [0.5, 0.6) is 5.75 Å². The predicted octanol–water partition coefficient (Wildman–Crippen LogP) is 3.45. The number of nitrogens with one attached hydrogen (secondary N) is 2. The third-order valence-corrected chi connectivity index (χ3v) is 8.56. The van der Waals surface area contributed by atoms with Crippen molar-refractivity contribution in [1.82, 2.24) is 9.47 Å². The number of hydrogen-bond donors (Lipinski definition) is 3. The number of hydrogen-bond acceptors (Lipinski definition) is 7. The molecule has 0 unspecified atom stereocenters. The number of primary sulfonamides is 1. The van der Waals surface area contributed by atoms with Crippen LogP contribution in [0, 0.1) is 18.9 Å². The summed E-state index contributed by atoms with van der Waals surface area (Å²) in [5, 5.41) is 13.3. The summed E-state index contributed by atoms with van der Waals surface area (Å²) in [7, 11) is 1.88. The number of rotatable bonds is 7. The fourth-order valence-electron chi connectivity index (χ4n) is 5.53. The van der Waals surface area contributed by atoms with Crippen molar-refractivity contribution in [2.75, 3.05) is 50.6 Å². The Labute approximate surface area is 255 Å². The van der Waals surface area contributed by atoms with Crippen LogP contribution in [0.25, 0.3) is 10.9 Å². The zero-order valence-corrected chi connectivity index (χ0v) is 25.5. The molecule has 40 heavy (non-hydrogen) atoms. The van der Waals surface area contributed by atoms with E-state index in [-0.39, 0.29) is 30.7 Å². The van der Waals surface area contributed by atoms with Crippen LogP contribution in [0.2, 0.25) is 0 Å². The molecule has 1 aliphatic heterocycles. The van der Waals surface area contributed by atoms with Crippen LogP contribution in [0.15, 0.2) is 47.4 Å². The molecule has 2 heterocycles. The molecular weight excluding hydrogens is 559 g/mol. The maximum atomic E-state index is 11.6. The fourth-order valence-corrected chi connectivity index (χ4v) is 6.06. The van der Waals surface area contributed by atoms with Gasteiger partial charge in [-0.1, -0.05) is 29.6 Å². The zero-order valence-electron chi connectivity index (χ0n) is 22.9. The molecule has 211 valence electrons. The van der Waals surface area contributed by atoms with Crippen LogP contribution < -0.4 is 20.5 Å². The summed E-state index contributed by atoms with van der Waals surface area (Å²) < 4.78 is 35.9. The van der Waals surface area contributed by atoms with Crippen LogP contribution in [-0.4, -0.2) is 69.9 Å². The van der Waals surface area contributed by atoms with Crippen molar-refractivity contribution >= 4 is 32.3 Å². The van der Waals surface area contributed by atoms with Crippen molar-refractivity contribution in [3.05, 3.63) is 55.2 Å². The number of anilines is 2. The minimum Gasteiger partial charge on any atom is -0.495 e. The van der Waals surface area contributed by atoms with E-state index in [1.54, 1.807) is 6.07 Å². The van der Waals surface area contributed by atoms with Gasteiger partial charge in [0.05, 0.1) is 37.5 Å². The molecule has 0 spiro atoms. The molecule has 0 amide bonds. The van der Waals surface area contributed by atoms with Gasteiger partial charge >= 0.3 is 0 Å². The molecule has 1 radical (unpaired) electrons. The van der Waals surface area contributed by atoms with Crippen LogP contribution in [0.4, 0.5) is 11.4 Å². The van der Waals surface area contributed by atoms with Crippen molar-refractivity contribution in [1.29, 1.82) is 0 Å². The molecule has 5 rings (SSSR count). The van der Waals surface area contributed by atoms with E-state index in [0.29, 0.717) is 30.1 Å². The first-order valence-corrected chi connectivity index (χ1v) is 14.9. The smallest absolute Gasteiger partial charge is 0.238 e. The number of fused-ring (bicyclic) bond motifs is 1. The maximum absolute atomic E-state index is 11.6. The second-order valence-electron chi connectivity index (χ2n) is 10.1. The summed E-state index contributed by atoms with van der Waals surface area (Å²) in [5.41, 5.74) is 3.59. The van der Waals surface area contributed by atoms with Crippen LogP contribution in [0.1, 0.15) is 31.4 Å². The Bertz CT molecular complexity index is 1480. The molecule has 3 aromatic rings. The summed E-state index contributed by atoms with van der Waals surface area (Å²) in [4.78, 5) is 2.59. The summed E-state index contributed by atoms with van der Waals surface area (Å²) in [5.74, 6) is 6.72. The van der Waals surface area contributed by atoms with Crippen molar-refractivity contribution in [2.24, 2.45) is 5.14 Å². The minimum absolute atomic E-state index is 0. The van der Waals surface area contributed by atoms with Crippen molar-refractivity contribution in [3.8, 4) is 17.6 Å². The Balaban J connectivity index is 0.00000370. The van der Waals surface area contributed by atoms with Gasteiger partial charge in [-0.25, -0.2) is 13.6 Å². The van der Waals surface area contributed by atoms with E-state index in [1.807, 2.05) is 4.57 Å². The summed E-state index contributed by atoms with van der Waals surface area (Å²) in [6.45, 7) is 4.15. The number of nitrogens with zero attached hydrogens (tertiary/aromatic N) is 2. The first-order valence-electron chi connectivity index (χ1n) is 13.3. The number of methoxy groups -OCH3 is 1. The van der Waals surface area contributed by atoms with Gasteiger partial charge in [0.15, 0.2) is 0 Å². The van der Waals surface area contributed by atoms with E-state index in [0.717, 1.165) is 61.4 Å². The van der Waals surface area contributed by atoms with Gasteiger partial charge in [0, 0.05) is 62.8 Å². The van der Waals surface area contributed by atoms with Crippen molar-refractivity contribution in [2.45, 2.75) is 42.7 Å². The molecule has 0 bridgehead atoms. The van der Waals surface area contributed by atoms with Crippen molar-refractivity contribution < 1.29 is 43.7 Å². The Kier molecular flexibility index (Phi) is 10.2. The molecule has 9 nitrogen and oxygen atoms in total. The molecule has 0 atom stereocenters. The van der Waals surface area contributed by atoms with E-state index < -0.39 is 10.0 Å². The summed E-state index contributed by atoms with van der Waals surface area (Å²) >= 11 is 0. The number of sulfonamides is 1. The number of benzene rings is 2. The van der Waals surface area contributed by atoms with E-state index in [2.05, 4.69) is 58.7 Å². The summed E-state index contributed by atoms with van der Waals surface area (Å²) in [6.07, 6.45) is 4.74. The molecule has 1 aliphatic carbocycles. The molecule has 1 aromatic heterocycles. The van der Waals surface area contributed by atoms with Gasteiger partial charge in [0.25, 0.3) is 0 Å². The molecule has 2 aliphatic rings. The third-order valence-electron chi connectivity index (χ3n) is 7.65. The molecule has 2 aromatic carbocycles. The van der Waals surface area contributed by atoms with Crippen LogP contribution in [-0.2, 0) is 40.6 Å². The Morgan fingerprint density at radius 2 is 1.85 bits per heavy atom. The molecule has 4 N–H and O–H groups in total. The Morgan fingerprint density at radius 3 is 2.55 bits per heavy atom. The molecular formula is C29H36N5O4SSc-. The second-order valence-corrected chi connectivity index (χ2v) is 11.6. The monoisotopic (exact) mass is 595 g/mol. The molecule has 11 heteroatoms. The number of morpholine rings is 1. The van der Waals surface area contributed by atoms with Crippen LogP contribution >= 0.6 is 0 Å². The number of ether oxygens (including phenoxy) is 2. The maximum Gasteiger partial charge on any atom is 0.238 e. The van der Waals surface area contributed by atoms with Crippen molar-refractivity contribution in [3.63, 3.8) is 0 Å². The first kappa shape index (κ1) is 30.5. The first-order chi connectivity index (χ1) is 18.8. The normalized spacial score (nSPS) is 19.8. The average Bonchev–Trinajstić information content (AvgIpc) is 3.27. The standard InChI is InChI=1S/C29H36N5O4S.Sc/c1-33-23(5-4-14-31-27-13-12-24(39(30,35)36)20-29(27)37-2)19-25-26(6-3-7-28(25)33)32-21-8-10-22(11-9-21)34-15-17-38-18-16-34;/h3,6-7,12-13,19-22,31-32H,1,8-11,14-18H2,2H3,(H2,30,35,36);/q-1;. The van der Waals surface area contributed by atoms with Gasteiger partial charge in [-0.3, -0.25) is 4.90 Å². The Hall–Kier alpha value is -2.49. The molecule has 1 saturated heterocycles. The fraction of sp³-hybridized carbons (Fsp3) is 0.414. The van der Waals surface area contributed by atoms with Gasteiger partial charge in [0.2, 0.25) is 10.0 Å². The number of aromatic nitrogens is 1. The van der Waals surface area contributed by atoms with Gasteiger partial charge in [-0.05, 0) is 55.0 Å². The topological polar surface area (TPSA) is 111 Å². The number of nitrogens with two attached hydrogens (primary N) is 1. The van der Waals surface area contributed by atoms with Gasteiger partial charge < -0.3 is 24.7 Å². The largest absolute Gasteiger partial charge is 0.495 e. The quantitative estimate of drug-likeness (QED) is 0.284. The SMILES string of the molecule is [CH2-]n1c(C#CCNc2ccc(S(N)(=O)=O)cc2OC)cc2c(NC3CCC(N4CCOCC4)CC3)cccc21.[Sc]. The second kappa shape index (κ2) is 13.4.